The van der Waals surface area contributed by atoms with Gasteiger partial charge in [-0.1, -0.05) is 43.2 Å². The third kappa shape index (κ3) is 11.3. The number of aliphatic carboxylic acids is 2. The summed E-state index contributed by atoms with van der Waals surface area (Å²) in [4.78, 5) is 84.5. The van der Waals surface area contributed by atoms with E-state index >= 15 is 0 Å². The quantitative estimate of drug-likeness (QED) is 0.0648. The van der Waals surface area contributed by atoms with E-state index in [1.54, 1.807) is 41.7 Å². The van der Waals surface area contributed by atoms with Crippen LogP contribution in [-0.2, 0) is 38.8 Å². The van der Waals surface area contributed by atoms with Crippen LogP contribution >= 0.6 is 11.8 Å². The molecule has 1 unspecified atom stereocenters. The second kappa shape index (κ2) is 20.3. The number of hydrogen-bond acceptors (Lipinski definition) is 11. The first-order chi connectivity index (χ1) is 29.0. The zero-order valence-electron chi connectivity index (χ0n) is 32.6. The number of hydrogen-bond donors (Lipinski definition) is 6. The van der Waals surface area contributed by atoms with Crippen LogP contribution in [0, 0.1) is 0 Å². The van der Waals surface area contributed by atoms with Crippen molar-refractivity contribution in [3.05, 3.63) is 107 Å². The molecule has 7 N–H and O–H groups in total. The number of aromatic nitrogens is 4. The van der Waals surface area contributed by atoms with E-state index in [0.29, 0.717) is 56.0 Å². The van der Waals surface area contributed by atoms with Gasteiger partial charge in [0.05, 0.1) is 35.0 Å². The number of nitrogens with zero attached hydrogens (tertiary/aromatic N) is 5. The molecule has 4 amide bonds. The Morgan fingerprint density at radius 2 is 1.65 bits per heavy atom. The number of unbranched alkanes of at least 4 members (excludes halogenated alkanes) is 3. The first-order valence-corrected chi connectivity index (χ1v) is 20.4. The molecule has 312 valence electrons. The third-order valence-electron chi connectivity index (χ3n) is 9.85. The first kappa shape index (κ1) is 42.9. The molecule has 60 heavy (non-hydrogen) atoms. The van der Waals surface area contributed by atoms with E-state index in [1.165, 1.54) is 4.68 Å². The average molecular weight is 836 g/mol. The van der Waals surface area contributed by atoms with Crippen LogP contribution < -0.4 is 27.2 Å². The smallest absolute Gasteiger partial charge is 0.322 e. The fourth-order valence-corrected chi connectivity index (χ4v) is 7.72. The van der Waals surface area contributed by atoms with Crippen molar-refractivity contribution in [2.75, 3.05) is 24.2 Å². The minimum Gasteiger partial charge on any atom is -0.481 e. The van der Waals surface area contributed by atoms with E-state index in [9.17, 15) is 28.8 Å². The summed E-state index contributed by atoms with van der Waals surface area (Å²) in [5, 5.41) is 30.7. The molecule has 6 rings (SSSR count). The number of carbonyl (C=O) groups is 5. The number of amides is 4. The van der Waals surface area contributed by atoms with Gasteiger partial charge in [0.25, 0.3) is 5.56 Å². The lowest BCUT2D eigenvalue weighted by atomic mass is 10.00. The molecule has 0 radical (unpaired) electrons. The monoisotopic (exact) mass is 835 g/mol. The lowest BCUT2D eigenvalue weighted by Crippen LogP contribution is -2.42. The standard InChI is InChI=1S/C42H45N9O8S/c43-33(41(57)58)25-60-36(20-38(53)54)39(55)47-22-37(52)46-15-3-1-2-4-18-51-40(56)32(30-7-5-9-34-31(30)8-6-16-45-34)19-35(49-51)26-10-12-29(13-11-26)48-42(59)50-23-27-14-17-44-21-28(27)24-50/h5-14,16-17,19,21,33,36H,1-4,15,18,20,22-25,43H2,(H,46,52)(H,47,55)(H,48,59)(H,53,54)(H,57,58)/t33-,36?/m0/s1. The van der Waals surface area contributed by atoms with Crippen molar-refractivity contribution in [2.24, 2.45) is 5.73 Å². The largest absolute Gasteiger partial charge is 0.481 e. The van der Waals surface area contributed by atoms with Crippen LogP contribution in [0.3, 0.4) is 0 Å². The number of carbonyl (C=O) groups excluding carboxylic acids is 3. The van der Waals surface area contributed by atoms with Crippen molar-refractivity contribution >= 4 is 58.1 Å². The van der Waals surface area contributed by atoms with Gasteiger partial charge in [-0.3, -0.25) is 33.9 Å². The fourth-order valence-electron chi connectivity index (χ4n) is 6.64. The summed E-state index contributed by atoms with van der Waals surface area (Å²) in [6, 6.07) is 19.0. The highest BCUT2D eigenvalue weighted by atomic mass is 32.2. The number of nitrogens with one attached hydrogen (secondary N) is 3. The van der Waals surface area contributed by atoms with E-state index in [0.717, 1.165) is 57.8 Å². The lowest BCUT2D eigenvalue weighted by molar-refractivity contribution is -0.138. The summed E-state index contributed by atoms with van der Waals surface area (Å²) in [5.74, 6) is -3.85. The lowest BCUT2D eigenvalue weighted by Gasteiger charge is -2.17. The number of carboxylic acid groups (broad SMARTS) is 2. The molecule has 3 aromatic heterocycles. The number of nitrogens with two attached hydrogens (primary N) is 1. The fraction of sp³-hybridized carbons (Fsp3) is 0.310. The highest BCUT2D eigenvalue weighted by Gasteiger charge is 2.26. The maximum absolute atomic E-state index is 14.0. The van der Waals surface area contributed by atoms with Gasteiger partial charge in [-0.15, -0.1) is 11.8 Å². The molecule has 0 spiro atoms. The molecular formula is C42H45N9O8S. The Morgan fingerprint density at radius 1 is 0.867 bits per heavy atom. The normalized spacial score (nSPS) is 13.0. The Morgan fingerprint density at radius 3 is 2.42 bits per heavy atom. The van der Waals surface area contributed by atoms with Gasteiger partial charge < -0.3 is 36.8 Å². The van der Waals surface area contributed by atoms with E-state index in [2.05, 4.69) is 25.9 Å². The van der Waals surface area contributed by atoms with Crippen molar-refractivity contribution in [1.82, 2.24) is 35.3 Å². The first-order valence-electron chi connectivity index (χ1n) is 19.4. The molecule has 0 saturated carbocycles. The Labute approximate surface area is 348 Å². The van der Waals surface area contributed by atoms with Crippen LogP contribution in [0.4, 0.5) is 10.5 Å². The molecule has 4 heterocycles. The van der Waals surface area contributed by atoms with Gasteiger partial charge in [0.2, 0.25) is 11.8 Å². The zero-order valence-corrected chi connectivity index (χ0v) is 33.4. The minimum absolute atomic E-state index is 0.170. The van der Waals surface area contributed by atoms with Crippen LogP contribution in [-0.4, -0.2) is 94.8 Å². The summed E-state index contributed by atoms with van der Waals surface area (Å²) in [6.45, 7) is 1.30. The molecule has 2 atom stereocenters. The third-order valence-corrected chi connectivity index (χ3v) is 11.2. The highest BCUT2D eigenvalue weighted by molar-refractivity contribution is 8.00. The van der Waals surface area contributed by atoms with E-state index in [4.69, 9.17) is 21.0 Å². The number of aryl methyl sites for hydroxylation is 1. The molecule has 0 aliphatic carbocycles. The van der Waals surface area contributed by atoms with Crippen molar-refractivity contribution in [1.29, 1.82) is 0 Å². The van der Waals surface area contributed by atoms with Gasteiger partial charge in [-0.25, -0.2) is 9.48 Å². The number of rotatable bonds is 19. The summed E-state index contributed by atoms with van der Waals surface area (Å²) < 4.78 is 1.48. The second-order valence-electron chi connectivity index (χ2n) is 14.2. The van der Waals surface area contributed by atoms with Crippen molar-refractivity contribution in [2.45, 2.75) is 63.0 Å². The number of thioether (sulfide) groups is 1. The molecule has 1 aliphatic rings. The molecule has 5 aromatic rings. The van der Waals surface area contributed by atoms with E-state index in [-0.39, 0.29) is 23.9 Å². The van der Waals surface area contributed by atoms with Gasteiger partial charge in [-0.2, -0.15) is 5.10 Å². The Bertz CT molecular complexity index is 2400. The molecule has 18 heteroatoms. The molecular weight excluding hydrogens is 791 g/mol. The van der Waals surface area contributed by atoms with Gasteiger partial charge in [-0.05, 0) is 65.9 Å². The summed E-state index contributed by atoms with van der Waals surface area (Å²) >= 11 is 0.804. The van der Waals surface area contributed by atoms with E-state index in [1.807, 2.05) is 48.5 Å². The van der Waals surface area contributed by atoms with Crippen molar-refractivity contribution < 1.29 is 34.2 Å². The second-order valence-corrected chi connectivity index (χ2v) is 15.4. The zero-order chi connectivity index (χ0) is 42.6. The Balaban J connectivity index is 1.04. The maximum atomic E-state index is 14.0. The number of anilines is 1. The molecule has 0 fully saturated rings. The number of pyridine rings is 2. The summed E-state index contributed by atoms with van der Waals surface area (Å²) in [6.07, 6.45) is 7.38. The molecule has 17 nitrogen and oxygen atoms in total. The van der Waals surface area contributed by atoms with Crippen LogP contribution in [0.25, 0.3) is 33.3 Å². The van der Waals surface area contributed by atoms with Crippen LogP contribution in [0.2, 0.25) is 0 Å². The number of carboxylic acids is 2. The number of fused-ring (bicyclic) bond motifs is 2. The maximum Gasteiger partial charge on any atom is 0.322 e. The average Bonchev–Trinajstić information content (AvgIpc) is 3.69. The van der Waals surface area contributed by atoms with E-state index < -0.39 is 41.5 Å². The van der Waals surface area contributed by atoms with Crippen molar-refractivity contribution in [3.8, 4) is 22.4 Å². The summed E-state index contributed by atoms with van der Waals surface area (Å²) in [5.41, 5.74) is 11.2. The van der Waals surface area contributed by atoms with Crippen LogP contribution in [0.15, 0.2) is 90.1 Å². The number of urea groups is 1. The Hall–Kier alpha value is -6.66. The topological polar surface area (TPSA) is 252 Å². The molecule has 0 bridgehead atoms. The van der Waals surface area contributed by atoms with Crippen LogP contribution in [0.5, 0.6) is 0 Å². The predicted octanol–water partition coefficient (Wildman–Crippen LogP) is 3.85. The number of benzene rings is 2. The SMILES string of the molecule is N[C@@H](CSC(CC(=O)O)C(=O)NCC(=O)NCCCCCCn1nc(-c2ccc(NC(=O)N3Cc4ccncc4C3)cc2)cc(-c2cccc3ncccc23)c1=O)C(=O)O. The van der Waals surface area contributed by atoms with Gasteiger partial charge >= 0.3 is 18.0 Å². The summed E-state index contributed by atoms with van der Waals surface area (Å²) in [7, 11) is 0. The van der Waals surface area contributed by atoms with Crippen LogP contribution in [0.1, 0.15) is 43.2 Å². The van der Waals surface area contributed by atoms with Gasteiger partial charge in [0, 0.05) is 67.2 Å². The molecule has 2 aromatic carbocycles. The molecule has 0 saturated heterocycles. The Kier molecular flexibility index (Phi) is 14.6. The minimum atomic E-state index is -1.27. The van der Waals surface area contributed by atoms with Crippen molar-refractivity contribution in [3.63, 3.8) is 0 Å². The van der Waals surface area contributed by atoms with Gasteiger partial charge in [0.1, 0.15) is 6.04 Å². The molecule has 1 aliphatic heterocycles. The predicted molar refractivity (Wildman–Crippen MR) is 226 cm³/mol. The highest BCUT2D eigenvalue weighted by Crippen LogP contribution is 2.29. The van der Waals surface area contributed by atoms with Gasteiger partial charge in [0.15, 0.2) is 0 Å².